The first-order chi connectivity index (χ1) is 13.3. The Hall–Kier alpha value is -1.94. The van der Waals surface area contributed by atoms with Crippen LogP contribution in [0.1, 0.15) is 36.2 Å². The largest absolute Gasteiger partial charge is 0.453 e. The summed E-state index contributed by atoms with van der Waals surface area (Å²) < 4.78 is 51.9. The fourth-order valence-electron chi connectivity index (χ4n) is 3.81. The van der Waals surface area contributed by atoms with Crippen molar-refractivity contribution in [3.05, 3.63) is 17.0 Å². The number of fused-ring (bicyclic) bond motifs is 1. The third kappa shape index (κ3) is 3.67. The van der Waals surface area contributed by atoms with Crippen LogP contribution in [0.15, 0.2) is 0 Å². The SMILES string of the molecule is Cc1c(N2CCC(OCC3CCOC3)CC2)nn2c(C(F)(F)F)nnc2c1C. The second kappa shape index (κ2) is 7.47. The van der Waals surface area contributed by atoms with E-state index in [1.54, 1.807) is 6.92 Å². The predicted octanol–water partition coefficient (Wildman–Crippen LogP) is 2.78. The molecule has 0 aromatic carbocycles. The zero-order valence-corrected chi connectivity index (χ0v) is 16.0. The molecule has 4 heterocycles. The molecule has 0 amide bonds. The lowest BCUT2D eigenvalue weighted by Crippen LogP contribution is -2.39. The number of aromatic nitrogens is 4. The van der Waals surface area contributed by atoms with E-state index in [0.717, 1.165) is 42.6 Å². The Bertz CT molecular complexity index is 840. The van der Waals surface area contributed by atoms with Crippen molar-refractivity contribution >= 4 is 11.5 Å². The van der Waals surface area contributed by atoms with Gasteiger partial charge in [-0.3, -0.25) is 0 Å². The molecule has 0 aliphatic carbocycles. The van der Waals surface area contributed by atoms with Crippen LogP contribution in [0.5, 0.6) is 0 Å². The van der Waals surface area contributed by atoms with Gasteiger partial charge < -0.3 is 14.4 Å². The van der Waals surface area contributed by atoms with Gasteiger partial charge in [-0.1, -0.05) is 0 Å². The summed E-state index contributed by atoms with van der Waals surface area (Å²) >= 11 is 0. The first-order valence-electron chi connectivity index (χ1n) is 9.58. The topological polar surface area (TPSA) is 64.8 Å². The van der Waals surface area contributed by atoms with Crippen molar-refractivity contribution in [1.29, 1.82) is 0 Å². The molecule has 2 fully saturated rings. The van der Waals surface area contributed by atoms with E-state index in [-0.39, 0.29) is 11.8 Å². The quantitative estimate of drug-likeness (QED) is 0.788. The Morgan fingerprint density at radius 3 is 2.50 bits per heavy atom. The first kappa shape index (κ1) is 19.4. The maximum atomic E-state index is 13.2. The number of ether oxygens (including phenoxy) is 2. The molecule has 2 aliphatic rings. The van der Waals surface area contributed by atoms with Crippen molar-refractivity contribution in [2.75, 3.05) is 37.8 Å². The van der Waals surface area contributed by atoms with Gasteiger partial charge in [-0.05, 0) is 33.1 Å². The minimum atomic E-state index is -4.60. The first-order valence-corrected chi connectivity index (χ1v) is 9.58. The van der Waals surface area contributed by atoms with Crippen molar-refractivity contribution in [3.8, 4) is 0 Å². The lowest BCUT2D eigenvalue weighted by atomic mass is 10.1. The molecule has 0 saturated carbocycles. The molecule has 2 aromatic rings. The molecule has 154 valence electrons. The average molecular weight is 399 g/mol. The molecule has 2 saturated heterocycles. The highest BCUT2D eigenvalue weighted by Crippen LogP contribution is 2.31. The van der Waals surface area contributed by atoms with Crippen molar-refractivity contribution in [2.45, 2.75) is 45.4 Å². The summed E-state index contributed by atoms with van der Waals surface area (Å²) in [6.07, 6.45) is -1.75. The molecule has 28 heavy (non-hydrogen) atoms. The summed E-state index contributed by atoms with van der Waals surface area (Å²) in [5.74, 6) is -0.0664. The van der Waals surface area contributed by atoms with E-state index < -0.39 is 12.0 Å². The molecule has 2 aromatic heterocycles. The summed E-state index contributed by atoms with van der Waals surface area (Å²) in [4.78, 5) is 2.03. The van der Waals surface area contributed by atoms with Crippen LogP contribution in [0.25, 0.3) is 5.65 Å². The summed E-state index contributed by atoms with van der Waals surface area (Å²) in [6, 6.07) is 0. The Labute approximate surface area is 160 Å². The maximum absolute atomic E-state index is 13.2. The Morgan fingerprint density at radius 2 is 1.86 bits per heavy atom. The van der Waals surface area contributed by atoms with Crippen LogP contribution in [-0.4, -0.2) is 58.8 Å². The fourth-order valence-corrected chi connectivity index (χ4v) is 3.81. The van der Waals surface area contributed by atoms with Crippen LogP contribution in [0.2, 0.25) is 0 Å². The van der Waals surface area contributed by atoms with Crippen LogP contribution in [-0.2, 0) is 15.7 Å². The van der Waals surface area contributed by atoms with Crippen LogP contribution in [0, 0.1) is 19.8 Å². The number of nitrogens with zero attached hydrogens (tertiary/aromatic N) is 5. The van der Waals surface area contributed by atoms with Crippen molar-refractivity contribution in [3.63, 3.8) is 0 Å². The van der Waals surface area contributed by atoms with E-state index in [4.69, 9.17) is 9.47 Å². The summed E-state index contributed by atoms with van der Waals surface area (Å²) in [7, 11) is 0. The normalized spacial score (nSPS) is 21.8. The lowest BCUT2D eigenvalue weighted by molar-refractivity contribution is -0.146. The highest BCUT2D eigenvalue weighted by atomic mass is 19.4. The Morgan fingerprint density at radius 1 is 1.11 bits per heavy atom. The van der Waals surface area contributed by atoms with Gasteiger partial charge in [0.15, 0.2) is 11.5 Å². The second-order valence-corrected chi connectivity index (χ2v) is 7.58. The fraction of sp³-hybridized carbons (Fsp3) is 0.722. The molecular formula is C18H24F3N5O2. The van der Waals surface area contributed by atoms with E-state index in [1.165, 1.54) is 0 Å². The van der Waals surface area contributed by atoms with E-state index in [1.807, 2.05) is 11.8 Å². The van der Waals surface area contributed by atoms with Crippen molar-refractivity contribution in [1.82, 2.24) is 19.8 Å². The molecule has 0 spiro atoms. The van der Waals surface area contributed by atoms with Gasteiger partial charge in [0.1, 0.15) is 0 Å². The highest BCUT2D eigenvalue weighted by Gasteiger charge is 2.38. The molecule has 0 radical (unpaired) electrons. The molecule has 1 unspecified atom stereocenters. The van der Waals surface area contributed by atoms with Gasteiger partial charge in [0, 0.05) is 36.7 Å². The Kier molecular flexibility index (Phi) is 5.17. The molecule has 7 nitrogen and oxygen atoms in total. The number of hydrogen-bond acceptors (Lipinski definition) is 6. The van der Waals surface area contributed by atoms with Gasteiger partial charge >= 0.3 is 6.18 Å². The molecular weight excluding hydrogens is 375 g/mol. The highest BCUT2D eigenvalue weighted by molar-refractivity contribution is 5.59. The number of hydrogen-bond donors (Lipinski definition) is 0. The van der Waals surface area contributed by atoms with Gasteiger partial charge in [0.25, 0.3) is 5.82 Å². The molecule has 10 heteroatoms. The van der Waals surface area contributed by atoms with E-state index in [0.29, 0.717) is 37.0 Å². The number of rotatable bonds is 4. The van der Waals surface area contributed by atoms with Gasteiger partial charge in [0.05, 0.1) is 19.3 Å². The minimum absolute atomic E-state index is 0.144. The molecule has 0 N–H and O–H groups in total. The number of aryl methyl sites for hydroxylation is 1. The molecule has 1 atom stereocenters. The number of halogens is 3. The third-order valence-corrected chi connectivity index (χ3v) is 5.66. The van der Waals surface area contributed by atoms with Gasteiger partial charge in [-0.25, -0.2) is 0 Å². The zero-order chi connectivity index (χ0) is 19.9. The van der Waals surface area contributed by atoms with Gasteiger partial charge in [-0.15, -0.1) is 15.3 Å². The van der Waals surface area contributed by atoms with E-state index in [2.05, 4.69) is 15.3 Å². The maximum Gasteiger partial charge on any atom is 0.453 e. The number of piperidine rings is 1. The predicted molar refractivity (Wildman–Crippen MR) is 95.4 cm³/mol. The van der Waals surface area contributed by atoms with Crippen LogP contribution in [0.4, 0.5) is 19.0 Å². The standard InChI is InChI=1S/C18H24F3N5O2/c1-11-12(2)16(24-26-15(11)22-23-17(26)18(19,20)21)25-6-3-14(4-7-25)28-10-13-5-8-27-9-13/h13-14H,3-10H2,1-2H3. The zero-order valence-electron chi connectivity index (χ0n) is 16.0. The van der Waals surface area contributed by atoms with Crippen LogP contribution < -0.4 is 4.90 Å². The van der Waals surface area contributed by atoms with Crippen molar-refractivity contribution in [2.24, 2.45) is 5.92 Å². The summed E-state index contributed by atoms with van der Waals surface area (Å²) in [5, 5.41) is 11.3. The molecule has 4 rings (SSSR count). The lowest BCUT2D eigenvalue weighted by Gasteiger charge is -2.34. The Balaban J connectivity index is 1.49. The minimum Gasteiger partial charge on any atom is -0.381 e. The van der Waals surface area contributed by atoms with Crippen LogP contribution in [0.3, 0.4) is 0 Å². The third-order valence-electron chi connectivity index (χ3n) is 5.66. The van der Waals surface area contributed by atoms with Crippen LogP contribution >= 0.6 is 0 Å². The van der Waals surface area contributed by atoms with Gasteiger partial charge in [-0.2, -0.15) is 17.7 Å². The van der Waals surface area contributed by atoms with Gasteiger partial charge in [0.2, 0.25) is 0 Å². The average Bonchev–Trinajstić information content (AvgIpc) is 3.32. The van der Waals surface area contributed by atoms with Crippen molar-refractivity contribution < 1.29 is 22.6 Å². The summed E-state index contributed by atoms with van der Waals surface area (Å²) in [6.45, 7) is 7.28. The number of alkyl halides is 3. The second-order valence-electron chi connectivity index (χ2n) is 7.58. The van der Waals surface area contributed by atoms with E-state index >= 15 is 0 Å². The molecule has 2 aliphatic heterocycles. The summed E-state index contributed by atoms with van der Waals surface area (Å²) in [5.41, 5.74) is 1.63. The smallest absolute Gasteiger partial charge is 0.381 e. The molecule has 0 bridgehead atoms. The number of anilines is 1. The monoisotopic (exact) mass is 399 g/mol. The van der Waals surface area contributed by atoms with E-state index in [9.17, 15) is 13.2 Å².